The van der Waals surface area contributed by atoms with Gasteiger partial charge in [-0.1, -0.05) is 0 Å². The third-order valence-corrected chi connectivity index (χ3v) is 3.71. The zero-order chi connectivity index (χ0) is 10.6. The highest BCUT2D eigenvalue weighted by atomic mass is 16.5. The van der Waals surface area contributed by atoms with Crippen LogP contribution < -0.4 is 0 Å². The molecule has 0 aromatic rings. The highest BCUT2D eigenvalue weighted by molar-refractivity contribution is 5.08. The van der Waals surface area contributed by atoms with Gasteiger partial charge in [0.2, 0.25) is 0 Å². The van der Waals surface area contributed by atoms with Crippen LogP contribution in [0.15, 0.2) is 0 Å². The molecule has 0 amide bonds. The SMILES string of the molecule is CC(C)(C)N1C[C@@]2(CCO2)CC1(C)C. The Bertz CT molecular complexity index is 235. The summed E-state index contributed by atoms with van der Waals surface area (Å²) in [6, 6.07) is 0. The van der Waals surface area contributed by atoms with Gasteiger partial charge in [0, 0.05) is 24.0 Å². The van der Waals surface area contributed by atoms with Crippen molar-refractivity contribution in [3.05, 3.63) is 0 Å². The summed E-state index contributed by atoms with van der Waals surface area (Å²) in [4.78, 5) is 2.60. The number of nitrogens with zero attached hydrogens (tertiary/aromatic N) is 1. The van der Waals surface area contributed by atoms with Gasteiger partial charge in [-0.3, -0.25) is 4.90 Å². The molecule has 0 N–H and O–H groups in total. The fourth-order valence-electron chi connectivity index (χ4n) is 3.24. The molecule has 0 aliphatic carbocycles. The van der Waals surface area contributed by atoms with E-state index in [4.69, 9.17) is 4.74 Å². The summed E-state index contributed by atoms with van der Waals surface area (Å²) < 4.78 is 5.80. The van der Waals surface area contributed by atoms with Gasteiger partial charge in [-0.05, 0) is 41.0 Å². The average Bonchev–Trinajstić information content (AvgIpc) is 2.19. The smallest absolute Gasteiger partial charge is 0.0848 e. The van der Waals surface area contributed by atoms with E-state index < -0.39 is 0 Å². The lowest BCUT2D eigenvalue weighted by Gasteiger charge is -2.42. The zero-order valence-electron chi connectivity index (χ0n) is 10.2. The maximum absolute atomic E-state index is 5.80. The van der Waals surface area contributed by atoms with Crippen molar-refractivity contribution in [3.8, 4) is 0 Å². The van der Waals surface area contributed by atoms with Crippen molar-refractivity contribution in [3.63, 3.8) is 0 Å². The second-order valence-electron chi connectivity index (χ2n) is 6.53. The van der Waals surface area contributed by atoms with Crippen molar-refractivity contribution in [1.82, 2.24) is 4.90 Å². The monoisotopic (exact) mass is 197 g/mol. The van der Waals surface area contributed by atoms with Gasteiger partial charge in [-0.2, -0.15) is 0 Å². The Kier molecular flexibility index (Phi) is 2.04. The largest absolute Gasteiger partial charge is 0.373 e. The standard InChI is InChI=1S/C12H23NO/c1-10(2,3)13-9-12(6-7-14-12)8-11(13,4)5/h6-9H2,1-5H3/t12-/m1/s1. The van der Waals surface area contributed by atoms with Crippen LogP contribution >= 0.6 is 0 Å². The second kappa shape index (κ2) is 2.73. The molecule has 1 spiro atoms. The van der Waals surface area contributed by atoms with Crippen molar-refractivity contribution in [2.75, 3.05) is 13.2 Å². The molecule has 2 saturated heterocycles. The summed E-state index contributed by atoms with van der Waals surface area (Å²) in [5.41, 5.74) is 0.751. The summed E-state index contributed by atoms with van der Waals surface area (Å²) in [6.45, 7) is 13.7. The quantitative estimate of drug-likeness (QED) is 0.591. The van der Waals surface area contributed by atoms with Gasteiger partial charge in [0.25, 0.3) is 0 Å². The summed E-state index contributed by atoms with van der Waals surface area (Å²) in [7, 11) is 0. The molecule has 2 aliphatic heterocycles. The Labute approximate surface area is 87.6 Å². The fourth-order valence-corrected chi connectivity index (χ4v) is 3.24. The Hall–Kier alpha value is -0.0800. The molecule has 0 aromatic carbocycles. The van der Waals surface area contributed by atoms with E-state index >= 15 is 0 Å². The molecule has 2 nitrogen and oxygen atoms in total. The highest BCUT2D eigenvalue weighted by Crippen LogP contribution is 2.47. The van der Waals surface area contributed by atoms with Crippen molar-refractivity contribution < 1.29 is 4.74 Å². The number of likely N-dealkylation sites (tertiary alicyclic amines) is 1. The Morgan fingerprint density at radius 1 is 1.21 bits per heavy atom. The van der Waals surface area contributed by atoms with Crippen molar-refractivity contribution in [2.45, 2.75) is 64.1 Å². The first kappa shape index (κ1) is 10.4. The van der Waals surface area contributed by atoms with Gasteiger partial charge < -0.3 is 4.74 Å². The fraction of sp³-hybridized carbons (Fsp3) is 1.00. The summed E-state index contributed by atoms with van der Waals surface area (Å²) in [5, 5.41) is 0. The molecular formula is C12H23NO. The number of ether oxygens (including phenoxy) is 1. The third kappa shape index (κ3) is 1.49. The van der Waals surface area contributed by atoms with Crippen LogP contribution in [0.1, 0.15) is 47.5 Å². The van der Waals surface area contributed by atoms with Crippen LogP contribution in [-0.2, 0) is 4.74 Å². The molecule has 2 heteroatoms. The van der Waals surface area contributed by atoms with Crippen LogP contribution in [0.25, 0.3) is 0 Å². The molecule has 2 fully saturated rings. The molecule has 2 heterocycles. The molecule has 1 atom stereocenters. The molecule has 82 valence electrons. The molecule has 0 saturated carbocycles. The number of hydrogen-bond donors (Lipinski definition) is 0. The van der Waals surface area contributed by atoms with E-state index in [2.05, 4.69) is 39.5 Å². The Balaban J connectivity index is 2.19. The number of hydrogen-bond acceptors (Lipinski definition) is 2. The first-order chi connectivity index (χ1) is 6.25. The van der Waals surface area contributed by atoms with Crippen molar-refractivity contribution in [2.24, 2.45) is 0 Å². The minimum Gasteiger partial charge on any atom is -0.373 e. The predicted molar refractivity (Wildman–Crippen MR) is 58.5 cm³/mol. The van der Waals surface area contributed by atoms with Gasteiger partial charge in [0.1, 0.15) is 0 Å². The van der Waals surface area contributed by atoms with Gasteiger partial charge in [0.05, 0.1) is 12.2 Å². The average molecular weight is 197 g/mol. The minimum atomic E-state index is 0.205. The van der Waals surface area contributed by atoms with Crippen LogP contribution in [0, 0.1) is 0 Å². The van der Waals surface area contributed by atoms with Gasteiger partial charge >= 0.3 is 0 Å². The molecule has 0 radical (unpaired) electrons. The molecule has 2 rings (SSSR count). The van der Waals surface area contributed by atoms with Gasteiger partial charge in [-0.25, -0.2) is 0 Å². The lowest BCUT2D eigenvalue weighted by atomic mass is 9.87. The first-order valence-corrected chi connectivity index (χ1v) is 5.67. The van der Waals surface area contributed by atoms with E-state index in [1.807, 2.05) is 0 Å². The molecule has 14 heavy (non-hydrogen) atoms. The van der Waals surface area contributed by atoms with Crippen LogP contribution in [0.5, 0.6) is 0 Å². The molecule has 0 unspecified atom stereocenters. The summed E-state index contributed by atoms with van der Waals surface area (Å²) in [5.74, 6) is 0. The second-order valence-corrected chi connectivity index (χ2v) is 6.53. The first-order valence-electron chi connectivity index (χ1n) is 5.67. The van der Waals surface area contributed by atoms with Crippen molar-refractivity contribution >= 4 is 0 Å². The van der Waals surface area contributed by atoms with E-state index in [-0.39, 0.29) is 11.1 Å². The normalized spacial score (nSPS) is 37.5. The van der Waals surface area contributed by atoms with E-state index in [0.717, 1.165) is 13.2 Å². The maximum Gasteiger partial charge on any atom is 0.0848 e. The van der Waals surface area contributed by atoms with Crippen LogP contribution in [-0.4, -0.2) is 34.7 Å². The molecule has 0 bridgehead atoms. The van der Waals surface area contributed by atoms with Crippen molar-refractivity contribution in [1.29, 1.82) is 0 Å². The van der Waals surface area contributed by atoms with Crippen LogP contribution in [0.2, 0.25) is 0 Å². The lowest BCUT2D eigenvalue weighted by Crippen LogP contribution is -2.51. The van der Waals surface area contributed by atoms with E-state index in [9.17, 15) is 0 Å². The number of rotatable bonds is 0. The molecule has 2 aliphatic rings. The summed E-state index contributed by atoms with van der Waals surface area (Å²) >= 11 is 0. The van der Waals surface area contributed by atoms with E-state index in [1.54, 1.807) is 0 Å². The minimum absolute atomic E-state index is 0.205. The zero-order valence-corrected chi connectivity index (χ0v) is 10.2. The molecule has 0 aromatic heterocycles. The van der Waals surface area contributed by atoms with Crippen LogP contribution in [0.4, 0.5) is 0 Å². The Morgan fingerprint density at radius 2 is 1.79 bits per heavy atom. The maximum atomic E-state index is 5.80. The van der Waals surface area contributed by atoms with Gasteiger partial charge in [-0.15, -0.1) is 0 Å². The summed E-state index contributed by atoms with van der Waals surface area (Å²) in [6.07, 6.45) is 2.44. The molecular weight excluding hydrogens is 174 g/mol. The highest BCUT2D eigenvalue weighted by Gasteiger charge is 2.55. The predicted octanol–water partition coefficient (Wildman–Crippen LogP) is 2.43. The van der Waals surface area contributed by atoms with E-state index in [1.165, 1.54) is 12.8 Å². The lowest BCUT2D eigenvalue weighted by molar-refractivity contribution is -0.140. The van der Waals surface area contributed by atoms with Gasteiger partial charge in [0.15, 0.2) is 0 Å². The van der Waals surface area contributed by atoms with E-state index in [0.29, 0.717) is 5.54 Å². The Morgan fingerprint density at radius 3 is 2.00 bits per heavy atom. The topological polar surface area (TPSA) is 12.5 Å². The van der Waals surface area contributed by atoms with Crippen LogP contribution in [0.3, 0.4) is 0 Å². The third-order valence-electron chi connectivity index (χ3n) is 3.71.